The highest BCUT2D eigenvalue weighted by molar-refractivity contribution is 7.09. The minimum atomic E-state index is -4.48. The normalized spacial score (nSPS) is 12.8. The molecule has 0 amide bonds. The van der Waals surface area contributed by atoms with Crippen LogP contribution in [0.4, 0.5) is 18.3 Å². The Bertz CT molecular complexity index is 361. The van der Waals surface area contributed by atoms with Crippen LogP contribution >= 0.6 is 11.5 Å². The van der Waals surface area contributed by atoms with E-state index in [4.69, 9.17) is 5.73 Å². The van der Waals surface area contributed by atoms with E-state index in [-0.39, 0.29) is 10.5 Å². The van der Waals surface area contributed by atoms with Crippen molar-refractivity contribution < 1.29 is 13.2 Å². The maximum absolute atomic E-state index is 12.2. The van der Waals surface area contributed by atoms with Gasteiger partial charge in [-0.3, -0.25) is 0 Å². The third-order valence-electron chi connectivity index (χ3n) is 2.22. The molecule has 0 bridgehead atoms. The van der Waals surface area contributed by atoms with Crippen molar-refractivity contribution >= 4 is 16.7 Å². The van der Waals surface area contributed by atoms with Crippen LogP contribution in [0.15, 0.2) is 0 Å². The second-order valence-corrected chi connectivity index (χ2v) is 5.23. The third-order valence-corrected chi connectivity index (χ3v) is 2.89. The minimum absolute atomic E-state index is 0.0845. The van der Waals surface area contributed by atoms with Gasteiger partial charge in [-0.2, -0.15) is 22.5 Å². The molecule has 1 heterocycles. The summed E-state index contributed by atoms with van der Waals surface area (Å²) in [7, 11) is 0. The van der Waals surface area contributed by atoms with E-state index < -0.39 is 12.0 Å². The lowest BCUT2D eigenvalue weighted by atomic mass is 9.89. The van der Waals surface area contributed by atoms with E-state index in [1.165, 1.54) is 0 Å². The molecule has 0 atom stereocenters. The largest absolute Gasteiger partial charge is 0.452 e. The fourth-order valence-electron chi connectivity index (χ4n) is 1.20. The Labute approximate surface area is 102 Å². The van der Waals surface area contributed by atoms with Crippen molar-refractivity contribution in [3.05, 3.63) is 5.82 Å². The van der Waals surface area contributed by atoms with Crippen LogP contribution in [0, 0.1) is 5.41 Å². The lowest BCUT2D eigenvalue weighted by Crippen LogP contribution is -2.26. The molecule has 17 heavy (non-hydrogen) atoms. The van der Waals surface area contributed by atoms with Crippen LogP contribution in [0.1, 0.15) is 26.1 Å². The number of aromatic nitrogens is 2. The number of anilines is 1. The molecule has 0 aliphatic carbocycles. The SMILES string of the molecule is CC(C)(CCN)CNc1nc(C(F)(F)F)ns1. The number of halogens is 3. The highest BCUT2D eigenvalue weighted by Gasteiger charge is 2.36. The number of nitrogens with two attached hydrogens (primary N) is 1. The van der Waals surface area contributed by atoms with Gasteiger partial charge in [-0.15, -0.1) is 0 Å². The molecule has 1 aromatic heterocycles. The van der Waals surface area contributed by atoms with Crippen molar-refractivity contribution in [1.29, 1.82) is 0 Å². The first-order chi connectivity index (χ1) is 7.74. The van der Waals surface area contributed by atoms with Crippen molar-refractivity contribution in [2.45, 2.75) is 26.4 Å². The topological polar surface area (TPSA) is 63.8 Å². The first kappa shape index (κ1) is 14.2. The van der Waals surface area contributed by atoms with Crippen LogP contribution in [-0.4, -0.2) is 22.4 Å². The summed E-state index contributed by atoms with van der Waals surface area (Å²) in [5, 5.41) is 3.03. The molecule has 0 fully saturated rings. The highest BCUT2D eigenvalue weighted by Crippen LogP contribution is 2.29. The van der Waals surface area contributed by atoms with Crippen LogP contribution in [0.5, 0.6) is 0 Å². The van der Waals surface area contributed by atoms with Gasteiger partial charge in [0, 0.05) is 18.1 Å². The summed E-state index contributed by atoms with van der Waals surface area (Å²) in [5.74, 6) is -1.10. The summed E-state index contributed by atoms with van der Waals surface area (Å²) in [6.45, 7) is 5.02. The molecule has 0 saturated heterocycles. The molecular formula is C9H15F3N4S. The number of hydrogen-bond donors (Lipinski definition) is 2. The van der Waals surface area contributed by atoms with Crippen LogP contribution in [-0.2, 0) is 6.18 Å². The van der Waals surface area contributed by atoms with Crippen molar-refractivity contribution in [2.75, 3.05) is 18.4 Å². The van der Waals surface area contributed by atoms with Gasteiger partial charge in [0.1, 0.15) is 0 Å². The zero-order chi connectivity index (χ0) is 13.1. The van der Waals surface area contributed by atoms with Crippen molar-refractivity contribution in [3.8, 4) is 0 Å². The maximum atomic E-state index is 12.2. The summed E-state index contributed by atoms with van der Waals surface area (Å²) in [6.07, 6.45) is -3.70. The Hall–Kier alpha value is -0.890. The predicted octanol–water partition coefficient (Wildman–Crippen LogP) is 2.34. The van der Waals surface area contributed by atoms with Gasteiger partial charge < -0.3 is 11.1 Å². The smallest absolute Gasteiger partial charge is 0.360 e. The van der Waals surface area contributed by atoms with Gasteiger partial charge in [0.15, 0.2) is 0 Å². The summed E-state index contributed by atoms with van der Waals surface area (Å²) in [5.41, 5.74) is 5.36. The molecule has 0 radical (unpaired) electrons. The zero-order valence-corrected chi connectivity index (χ0v) is 10.5. The molecular weight excluding hydrogens is 253 g/mol. The molecule has 0 unspecified atom stereocenters. The van der Waals surface area contributed by atoms with E-state index in [2.05, 4.69) is 14.7 Å². The summed E-state index contributed by atoms with van der Waals surface area (Å²) in [4.78, 5) is 3.38. The molecule has 4 nitrogen and oxygen atoms in total. The maximum Gasteiger partial charge on any atom is 0.452 e. The summed E-state index contributed by atoms with van der Waals surface area (Å²) >= 11 is 0.712. The number of nitrogens with zero attached hydrogens (tertiary/aromatic N) is 2. The fraction of sp³-hybridized carbons (Fsp3) is 0.778. The highest BCUT2D eigenvalue weighted by atomic mass is 32.1. The number of nitrogens with one attached hydrogen (secondary N) is 1. The molecule has 1 rings (SSSR count). The van der Waals surface area contributed by atoms with Crippen LogP contribution < -0.4 is 11.1 Å². The second-order valence-electron chi connectivity index (χ2n) is 4.48. The molecule has 3 N–H and O–H groups in total. The van der Waals surface area contributed by atoms with E-state index in [1.807, 2.05) is 13.8 Å². The Morgan fingerprint density at radius 1 is 1.35 bits per heavy atom. The molecule has 0 aliphatic rings. The lowest BCUT2D eigenvalue weighted by Gasteiger charge is -2.23. The monoisotopic (exact) mass is 268 g/mol. The number of alkyl halides is 3. The van der Waals surface area contributed by atoms with Crippen molar-refractivity contribution in [3.63, 3.8) is 0 Å². The van der Waals surface area contributed by atoms with Gasteiger partial charge in [0.05, 0.1) is 0 Å². The molecule has 0 aliphatic heterocycles. The first-order valence-electron chi connectivity index (χ1n) is 5.09. The van der Waals surface area contributed by atoms with Crippen molar-refractivity contribution in [2.24, 2.45) is 11.1 Å². The van der Waals surface area contributed by atoms with Gasteiger partial charge in [-0.1, -0.05) is 13.8 Å². The molecule has 0 saturated carbocycles. The second kappa shape index (κ2) is 5.18. The van der Waals surface area contributed by atoms with E-state index in [0.29, 0.717) is 24.6 Å². The van der Waals surface area contributed by atoms with E-state index >= 15 is 0 Å². The average Bonchev–Trinajstić information content (AvgIpc) is 2.62. The van der Waals surface area contributed by atoms with Crippen LogP contribution in [0.2, 0.25) is 0 Å². The van der Waals surface area contributed by atoms with Gasteiger partial charge in [-0.05, 0) is 18.4 Å². The van der Waals surface area contributed by atoms with E-state index in [1.54, 1.807) is 0 Å². The van der Waals surface area contributed by atoms with Gasteiger partial charge in [0.25, 0.3) is 0 Å². The van der Waals surface area contributed by atoms with E-state index in [9.17, 15) is 13.2 Å². The standard InChI is InChI=1S/C9H15F3N4S/c1-8(2,3-4-13)5-14-7-15-6(16-17-7)9(10,11)12/h3-5,13H2,1-2H3,(H,14,15,16). The van der Waals surface area contributed by atoms with Gasteiger partial charge in [0.2, 0.25) is 11.0 Å². The fourth-order valence-corrected chi connectivity index (χ4v) is 1.79. The number of hydrogen-bond acceptors (Lipinski definition) is 5. The predicted molar refractivity (Wildman–Crippen MR) is 60.9 cm³/mol. The first-order valence-corrected chi connectivity index (χ1v) is 5.87. The number of rotatable bonds is 5. The van der Waals surface area contributed by atoms with Crippen molar-refractivity contribution in [1.82, 2.24) is 9.36 Å². The summed E-state index contributed by atoms with van der Waals surface area (Å²) < 4.78 is 40.0. The van der Waals surface area contributed by atoms with E-state index in [0.717, 1.165) is 6.42 Å². The van der Waals surface area contributed by atoms with Gasteiger partial charge in [-0.25, -0.2) is 0 Å². The quantitative estimate of drug-likeness (QED) is 0.860. The van der Waals surface area contributed by atoms with Gasteiger partial charge >= 0.3 is 6.18 Å². The molecule has 8 heteroatoms. The molecule has 0 spiro atoms. The lowest BCUT2D eigenvalue weighted by molar-refractivity contribution is -0.144. The summed E-state index contributed by atoms with van der Waals surface area (Å²) in [6, 6.07) is 0. The Balaban J connectivity index is 2.56. The third kappa shape index (κ3) is 4.47. The Morgan fingerprint density at radius 2 is 2.00 bits per heavy atom. The Kier molecular flexibility index (Phi) is 4.31. The molecule has 1 aromatic rings. The Morgan fingerprint density at radius 3 is 2.47 bits per heavy atom. The molecule has 0 aromatic carbocycles. The minimum Gasteiger partial charge on any atom is -0.360 e. The average molecular weight is 268 g/mol. The zero-order valence-electron chi connectivity index (χ0n) is 9.64. The van der Waals surface area contributed by atoms with Crippen LogP contribution in [0.3, 0.4) is 0 Å². The van der Waals surface area contributed by atoms with Crippen LogP contribution in [0.25, 0.3) is 0 Å². The molecule has 98 valence electrons.